The molecule has 1 rings (SSSR count). The van der Waals surface area contributed by atoms with Crippen molar-refractivity contribution in [2.24, 2.45) is 0 Å². The Labute approximate surface area is 85.4 Å². The van der Waals surface area contributed by atoms with Crippen LogP contribution in [0.15, 0.2) is 12.3 Å². The highest BCUT2D eigenvalue weighted by atomic mass is 28.4. The van der Waals surface area contributed by atoms with Gasteiger partial charge in [0.25, 0.3) is 0 Å². The Morgan fingerprint density at radius 3 is 2.64 bits per heavy atom. The van der Waals surface area contributed by atoms with E-state index in [1.54, 1.807) is 12.3 Å². The lowest BCUT2D eigenvalue weighted by Gasteiger charge is -2.17. The Hall–Kier alpha value is -1.10. The van der Waals surface area contributed by atoms with E-state index in [4.69, 9.17) is 9.16 Å². The monoisotopic (exact) mass is 212 g/mol. The van der Waals surface area contributed by atoms with Crippen LogP contribution >= 0.6 is 0 Å². The van der Waals surface area contributed by atoms with E-state index in [9.17, 15) is 0 Å². The second-order valence-corrected chi connectivity index (χ2v) is 8.25. The standard InChI is InChI=1S/C9H16N2O2Si/c1-5-12-8-6-7-10-9(11-8)13-14(2,3)4/h6-7H,5H2,1-4H3. The number of aromatic nitrogens is 2. The molecule has 4 nitrogen and oxygen atoms in total. The van der Waals surface area contributed by atoms with Crippen LogP contribution in [0.5, 0.6) is 11.9 Å². The average molecular weight is 212 g/mol. The lowest BCUT2D eigenvalue weighted by molar-refractivity contribution is 0.321. The van der Waals surface area contributed by atoms with Crippen LogP contribution in [-0.4, -0.2) is 24.9 Å². The minimum atomic E-state index is -1.62. The van der Waals surface area contributed by atoms with Crippen LogP contribution in [0, 0.1) is 0 Å². The maximum Gasteiger partial charge on any atom is 0.305 e. The summed E-state index contributed by atoms with van der Waals surface area (Å²) in [5.74, 6) is 0.566. The summed E-state index contributed by atoms with van der Waals surface area (Å²) in [6, 6.07) is 2.13. The van der Waals surface area contributed by atoms with Gasteiger partial charge in [0.2, 0.25) is 14.2 Å². The minimum absolute atomic E-state index is 0.412. The van der Waals surface area contributed by atoms with Crippen LogP contribution in [0.4, 0.5) is 0 Å². The molecule has 0 saturated carbocycles. The van der Waals surface area contributed by atoms with Crippen LogP contribution in [0.25, 0.3) is 0 Å². The second kappa shape index (κ2) is 4.41. The first kappa shape index (κ1) is 11.0. The van der Waals surface area contributed by atoms with Crippen molar-refractivity contribution >= 4 is 8.32 Å². The number of ether oxygens (including phenoxy) is 1. The van der Waals surface area contributed by atoms with Gasteiger partial charge in [-0.3, -0.25) is 0 Å². The summed E-state index contributed by atoms with van der Waals surface area (Å²) in [5, 5.41) is 0. The first-order chi connectivity index (χ1) is 6.51. The molecule has 0 amide bonds. The number of hydrogen-bond acceptors (Lipinski definition) is 4. The molecule has 0 aliphatic heterocycles. The van der Waals surface area contributed by atoms with Gasteiger partial charge in [-0.25, -0.2) is 4.98 Å². The highest BCUT2D eigenvalue weighted by Gasteiger charge is 2.18. The van der Waals surface area contributed by atoms with E-state index in [0.29, 0.717) is 18.5 Å². The van der Waals surface area contributed by atoms with Crippen LogP contribution in [-0.2, 0) is 0 Å². The van der Waals surface area contributed by atoms with Crippen molar-refractivity contribution < 1.29 is 9.16 Å². The van der Waals surface area contributed by atoms with Crippen molar-refractivity contribution in [3.8, 4) is 11.9 Å². The third-order valence-corrected chi connectivity index (χ3v) is 2.09. The fourth-order valence-corrected chi connectivity index (χ4v) is 1.52. The van der Waals surface area contributed by atoms with Crippen molar-refractivity contribution in [2.45, 2.75) is 26.6 Å². The molecule has 0 radical (unpaired) electrons. The fourth-order valence-electron chi connectivity index (χ4n) is 0.876. The van der Waals surface area contributed by atoms with Crippen LogP contribution in [0.1, 0.15) is 6.92 Å². The second-order valence-electron chi connectivity index (χ2n) is 3.82. The first-order valence-corrected chi connectivity index (χ1v) is 8.07. The molecule has 14 heavy (non-hydrogen) atoms. The molecule has 0 unspecified atom stereocenters. The molecule has 0 bridgehead atoms. The van der Waals surface area contributed by atoms with Gasteiger partial charge in [-0.2, -0.15) is 4.98 Å². The van der Waals surface area contributed by atoms with Crippen molar-refractivity contribution in [2.75, 3.05) is 6.61 Å². The molecule has 1 aromatic rings. The zero-order valence-electron chi connectivity index (χ0n) is 9.07. The summed E-state index contributed by atoms with van der Waals surface area (Å²) >= 11 is 0. The Morgan fingerprint density at radius 2 is 2.07 bits per heavy atom. The van der Waals surface area contributed by atoms with Gasteiger partial charge in [0, 0.05) is 12.3 Å². The Balaban J connectivity index is 2.73. The van der Waals surface area contributed by atoms with Gasteiger partial charge >= 0.3 is 6.01 Å². The van der Waals surface area contributed by atoms with E-state index >= 15 is 0 Å². The van der Waals surface area contributed by atoms with E-state index in [1.807, 2.05) is 6.92 Å². The smallest absolute Gasteiger partial charge is 0.305 e. The van der Waals surface area contributed by atoms with Gasteiger partial charge in [0.1, 0.15) is 0 Å². The van der Waals surface area contributed by atoms with Crippen molar-refractivity contribution in [3.63, 3.8) is 0 Å². The quantitative estimate of drug-likeness (QED) is 0.717. The molecule has 0 aromatic carbocycles. The van der Waals surface area contributed by atoms with E-state index in [2.05, 4.69) is 29.6 Å². The molecule has 0 aliphatic carbocycles. The van der Waals surface area contributed by atoms with Gasteiger partial charge in [-0.1, -0.05) is 0 Å². The molecule has 0 atom stereocenters. The summed E-state index contributed by atoms with van der Waals surface area (Å²) in [7, 11) is -1.62. The molecule has 1 aromatic heterocycles. The Morgan fingerprint density at radius 1 is 1.36 bits per heavy atom. The molecule has 0 fully saturated rings. The topological polar surface area (TPSA) is 44.2 Å². The van der Waals surface area contributed by atoms with E-state index in [1.165, 1.54) is 0 Å². The molecule has 1 heterocycles. The van der Waals surface area contributed by atoms with Crippen LogP contribution in [0.2, 0.25) is 19.6 Å². The first-order valence-electron chi connectivity index (χ1n) is 4.66. The van der Waals surface area contributed by atoms with Gasteiger partial charge in [-0.15, -0.1) is 0 Å². The lowest BCUT2D eigenvalue weighted by Crippen LogP contribution is -2.30. The maximum atomic E-state index is 5.63. The third-order valence-electron chi connectivity index (χ3n) is 1.30. The summed E-state index contributed by atoms with van der Waals surface area (Å²) in [5.41, 5.74) is 0. The third kappa shape index (κ3) is 3.74. The number of rotatable bonds is 4. The van der Waals surface area contributed by atoms with Gasteiger partial charge in [0.15, 0.2) is 0 Å². The Bertz CT molecular complexity index is 299. The molecule has 0 spiro atoms. The van der Waals surface area contributed by atoms with E-state index < -0.39 is 8.32 Å². The normalized spacial score (nSPS) is 11.1. The van der Waals surface area contributed by atoms with Crippen LogP contribution < -0.4 is 9.16 Å². The van der Waals surface area contributed by atoms with Crippen molar-refractivity contribution in [1.82, 2.24) is 9.97 Å². The summed E-state index contributed by atoms with van der Waals surface area (Å²) in [6.45, 7) is 8.78. The average Bonchev–Trinajstić information content (AvgIpc) is 2.02. The molecular formula is C9H16N2O2Si. The van der Waals surface area contributed by atoms with Crippen LogP contribution in [0.3, 0.4) is 0 Å². The maximum absolute atomic E-state index is 5.63. The predicted octanol–water partition coefficient (Wildman–Crippen LogP) is 2.09. The van der Waals surface area contributed by atoms with E-state index in [0.717, 1.165) is 0 Å². The molecule has 0 saturated heterocycles. The highest BCUT2D eigenvalue weighted by Crippen LogP contribution is 2.13. The summed E-state index contributed by atoms with van der Waals surface area (Å²) in [4.78, 5) is 8.16. The number of nitrogens with zero attached hydrogens (tertiary/aromatic N) is 2. The molecular weight excluding hydrogens is 196 g/mol. The minimum Gasteiger partial charge on any atom is -0.518 e. The molecule has 78 valence electrons. The van der Waals surface area contributed by atoms with Gasteiger partial charge in [-0.05, 0) is 26.6 Å². The van der Waals surface area contributed by atoms with Gasteiger partial charge < -0.3 is 9.16 Å². The van der Waals surface area contributed by atoms with Gasteiger partial charge in [0.05, 0.1) is 6.61 Å². The lowest BCUT2D eigenvalue weighted by atomic mass is 10.6. The fraction of sp³-hybridized carbons (Fsp3) is 0.556. The van der Waals surface area contributed by atoms with Crippen molar-refractivity contribution in [1.29, 1.82) is 0 Å². The summed E-state index contributed by atoms with van der Waals surface area (Å²) in [6.07, 6.45) is 1.65. The largest absolute Gasteiger partial charge is 0.518 e. The SMILES string of the molecule is CCOc1ccnc(O[Si](C)(C)C)n1. The zero-order valence-corrected chi connectivity index (χ0v) is 10.1. The predicted molar refractivity (Wildman–Crippen MR) is 57.2 cm³/mol. The molecule has 0 aliphatic rings. The zero-order chi connectivity index (χ0) is 10.6. The highest BCUT2D eigenvalue weighted by molar-refractivity contribution is 6.70. The molecule has 5 heteroatoms. The van der Waals surface area contributed by atoms with Crippen molar-refractivity contribution in [3.05, 3.63) is 12.3 Å². The number of hydrogen-bond donors (Lipinski definition) is 0. The Kier molecular flexibility index (Phi) is 3.46. The molecule has 0 N–H and O–H groups in total. The summed E-state index contributed by atoms with van der Waals surface area (Å²) < 4.78 is 10.9. The van der Waals surface area contributed by atoms with E-state index in [-0.39, 0.29) is 0 Å².